The summed E-state index contributed by atoms with van der Waals surface area (Å²) in [6.07, 6.45) is 17.5. The molecule has 6 aliphatic heterocycles. The lowest BCUT2D eigenvalue weighted by atomic mass is 9.95. The maximum atomic E-state index is 11.8. The molecule has 0 saturated carbocycles. The lowest BCUT2D eigenvalue weighted by molar-refractivity contribution is -0.123. The third kappa shape index (κ3) is 33.0. The molecule has 0 N–H and O–H groups in total. The van der Waals surface area contributed by atoms with Gasteiger partial charge in [-0.3, -0.25) is 67.1 Å². The number of carbonyl (C=O) groups excluding carboxylic acids is 14. The van der Waals surface area contributed by atoms with E-state index < -0.39 is 5.92 Å². The molecule has 0 unspecified atom stereocenters. The first-order chi connectivity index (χ1) is 67.3. The standard InChI is InChI=1S/C30H32N2O10.C29H29NO9.C22H16N2O6.C19H25NO7/c33-27-9-10-28(34)31(27)23-1-5-25(6-2-23)41-21-19-39-17-15-37-13-14-38-16-18-40-20-22-42-26-7-3-24(4-8-26)32-29(35)11-12-30(32)36;31-25-9-10-26(32)29(25)21-1-5-23(6-2-21)38-19-17-36-15-13-35-14-16-37-18-20-39-24-7-3-22(4-8-24)30-27(33)11-12-28(30)34;25-19-9-10-20(26)23(19)15-1-5-17(6-2-15)29-13-14-30-18-7-3-16(4-8-18)24-21(27)11-12-22(24)28;1-23-8-9-24-10-11-25-12-13-26-14-15-27-17-4-2-16(3-5-17)20-18(21)6-7-19(20)22/h1-12H,13-22H2;1-12,29H,13-20H2;1-12H,13-14H2;2-7H,8-15H2,1H3. The fourth-order valence-electron chi connectivity index (χ4n) is 13.1. The summed E-state index contributed by atoms with van der Waals surface area (Å²) in [5.41, 5.74) is 3.61. The zero-order chi connectivity index (χ0) is 97.4. The number of ketones is 2. The molecule has 6 heterocycles. The molecule has 14 rings (SSSR count). The molecule has 38 nitrogen and oxygen atoms in total. The molecular weight excluding hydrogens is 1800 g/mol. The number of benzene rings is 7. The third-order valence-electron chi connectivity index (χ3n) is 19.8. The summed E-state index contributed by atoms with van der Waals surface area (Å²) >= 11 is 0. The molecule has 138 heavy (non-hydrogen) atoms. The minimum absolute atomic E-state index is 0.195. The van der Waals surface area contributed by atoms with Crippen molar-refractivity contribution in [2.45, 2.75) is 5.92 Å². The van der Waals surface area contributed by atoms with Crippen LogP contribution in [0.5, 0.6) is 40.2 Å². The average Bonchev–Trinajstić information content (AvgIpc) is 1.61. The van der Waals surface area contributed by atoms with Crippen molar-refractivity contribution in [3.63, 3.8) is 0 Å². The second-order valence-corrected chi connectivity index (χ2v) is 29.2. The summed E-state index contributed by atoms with van der Waals surface area (Å²) < 4.78 is 98.4. The minimum Gasteiger partial charge on any atom is -0.491 e. The average molecular weight is 1900 g/mol. The van der Waals surface area contributed by atoms with Gasteiger partial charge in [-0.2, -0.15) is 0 Å². The first kappa shape index (κ1) is 104. The van der Waals surface area contributed by atoms with Crippen LogP contribution in [-0.4, -0.2) is 275 Å². The number of hydrogen-bond acceptors (Lipinski definition) is 32. The van der Waals surface area contributed by atoms with Gasteiger partial charge in [0.1, 0.15) is 92.4 Å². The van der Waals surface area contributed by atoms with Crippen LogP contribution in [0.2, 0.25) is 0 Å². The summed E-state index contributed by atoms with van der Waals surface area (Å²) in [6.45, 7) is 11.8. The highest BCUT2D eigenvalue weighted by molar-refractivity contribution is 6.32. The minimum atomic E-state index is -0.730. The lowest BCUT2D eigenvalue weighted by Gasteiger charge is -2.15. The highest BCUT2D eigenvalue weighted by Crippen LogP contribution is 2.31. The predicted molar refractivity (Wildman–Crippen MR) is 495 cm³/mol. The molecule has 1 aliphatic carbocycles. The normalized spacial score (nSPS) is 14.7. The zero-order valence-electron chi connectivity index (χ0n) is 75.4. The summed E-state index contributed by atoms with van der Waals surface area (Å²) in [6, 6.07) is 47.0. The third-order valence-corrected chi connectivity index (χ3v) is 19.8. The number of allylic oxidation sites excluding steroid dienone is 2. The Bertz CT molecular complexity index is 5100. The van der Waals surface area contributed by atoms with Crippen LogP contribution in [0.25, 0.3) is 0 Å². The molecular formula is C100H102N6O32. The van der Waals surface area contributed by atoms with Gasteiger partial charge in [-0.05, 0) is 175 Å². The molecule has 0 bridgehead atoms. The van der Waals surface area contributed by atoms with E-state index in [-0.39, 0.29) is 95.7 Å². The monoisotopic (exact) mass is 1900 g/mol. The van der Waals surface area contributed by atoms with Gasteiger partial charge in [0.25, 0.3) is 70.9 Å². The van der Waals surface area contributed by atoms with Crippen LogP contribution in [0, 0.1) is 0 Å². The van der Waals surface area contributed by atoms with Gasteiger partial charge in [0, 0.05) is 80.0 Å². The van der Waals surface area contributed by atoms with E-state index in [4.69, 9.17) is 85.3 Å². The summed E-state index contributed by atoms with van der Waals surface area (Å²) in [5, 5.41) is 0. The number of hydrogen-bond donors (Lipinski definition) is 0. The molecule has 0 saturated heterocycles. The fraction of sp³-hybridized carbons (Fsp3) is 0.300. The van der Waals surface area contributed by atoms with Gasteiger partial charge < -0.3 is 85.3 Å². The number of ether oxygens (including phenoxy) is 18. The first-order valence-electron chi connectivity index (χ1n) is 43.8. The highest BCUT2D eigenvalue weighted by atomic mass is 16.6. The fourth-order valence-corrected chi connectivity index (χ4v) is 13.1. The van der Waals surface area contributed by atoms with E-state index in [2.05, 4.69) is 0 Å². The molecule has 38 heteroatoms. The maximum Gasteiger partial charge on any atom is 0.258 e. The van der Waals surface area contributed by atoms with Crippen molar-refractivity contribution >= 4 is 117 Å². The Hall–Kier alpha value is -14.9. The van der Waals surface area contributed by atoms with Crippen LogP contribution in [0.3, 0.4) is 0 Å². The molecule has 0 spiro atoms. The number of carbonyl (C=O) groups is 14. The lowest BCUT2D eigenvalue weighted by Crippen LogP contribution is -2.29. The van der Waals surface area contributed by atoms with E-state index in [1.165, 1.54) is 85.1 Å². The van der Waals surface area contributed by atoms with Crippen molar-refractivity contribution in [1.82, 2.24) is 0 Å². The van der Waals surface area contributed by atoms with Crippen LogP contribution < -0.4 is 62.6 Å². The Labute approximate surface area is 793 Å². The molecule has 7 aromatic carbocycles. The molecule has 0 aromatic heterocycles. The Balaban J connectivity index is 0.000000179. The molecule has 0 fully saturated rings. The SMILES string of the molecule is COCCOCCOCCOCCOc1ccc(N2C(=O)C=CC2=O)cc1.O=C1C=CC(=O)C1c1ccc(OCCOCCOCCOCCOc2ccc(N3C(=O)C=CC3=O)cc2)cc1.O=C1C=CC(=O)N1c1ccc(OCCOCCOCCOCCOCCOc2ccc(N3C(=O)C=CC3=O)cc2)cc1.O=C1C=CC(=O)N1c1ccc(OCCOc2ccc(N3C(=O)C=CC3=O)cc2)cc1. The van der Waals surface area contributed by atoms with Gasteiger partial charge >= 0.3 is 0 Å². The first-order valence-corrected chi connectivity index (χ1v) is 43.8. The van der Waals surface area contributed by atoms with Gasteiger partial charge in [0.15, 0.2) is 11.6 Å². The molecule has 0 radical (unpaired) electrons. The molecule has 12 amide bonds. The molecule has 7 aromatic rings. The largest absolute Gasteiger partial charge is 0.491 e. The van der Waals surface area contributed by atoms with Gasteiger partial charge in [-0.15, -0.1) is 0 Å². The zero-order valence-corrected chi connectivity index (χ0v) is 75.4. The van der Waals surface area contributed by atoms with E-state index in [9.17, 15) is 67.1 Å². The Kier molecular flexibility index (Phi) is 42.3. The number of anilines is 6. The van der Waals surface area contributed by atoms with Crippen molar-refractivity contribution in [3.05, 3.63) is 260 Å². The Morgan fingerprint density at radius 2 is 0.297 bits per heavy atom. The topological polar surface area (TPSA) is 425 Å². The van der Waals surface area contributed by atoms with Crippen molar-refractivity contribution in [3.8, 4) is 40.2 Å². The van der Waals surface area contributed by atoms with Crippen LogP contribution in [0.4, 0.5) is 34.1 Å². The highest BCUT2D eigenvalue weighted by Gasteiger charge is 2.33. The van der Waals surface area contributed by atoms with Gasteiger partial charge in [-0.25, -0.2) is 29.4 Å². The summed E-state index contributed by atoms with van der Waals surface area (Å²) in [4.78, 5) is 170. The Morgan fingerprint density at radius 3 is 0.449 bits per heavy atom. The van der Waals surface area contributed by atoms with Crippen LogP contribution >= 0.6 is 0 Å². The van der Waals surface area contributed by atoms with Crippen LogP contribution in [0.15, 0.2) is 255 Å². The van der Waals surface area contributed by atoms with Crippen molar-refractivity contribution in [1.29, 1.82) is 0 Å². The molecule has 0 atom stereocenters. The van der Waals surface area contributed by atoms with E-state index in [1.54, 1.807) is 177 Å². The Morgan fingerprint density at radius 1 is 0.167 bits per heavy atom. The number of rotatable bonds is 56. The van der Waals surface area contributed by atoms with Crippen molar-refractivity contribution in [2.75, 3.05) is 222 Å². The molecule has 724 valence electrons. The van der Waals surface area contributed by atoms with Gasteiger partial charge in [0.2, 0.25) is 0 Å². The van der Waals surface area contributed by atoms with Gasteiger partial charge in [-0.1, -0.05) is 12.1 Å². The second kappa shape index (κ2) is 56.4. The number of methoxy groups -OCH3 is 1. The predicted octanol–water partition coefficient (Wildman–Crippen LogP) is 7.68. The number of amides is 12. The van der Waals surface area contributed by atoms with Crippen molar-refractivity contribution < 1.29 is 152 Å². The van der Waals surface area contributed by atoms with E-state index in [0.29, 0.717) is 252 Å². The quantitative estimate of drug-likeness (QED) is 0.0200. The summed E-state index contributed by atoms with van der Waals surface area (Å²) in [5.74, 6) is -1.21. The van der Waals surface area contributed by atoms with Gasteiger partial charge in [0.05, 0.1) is 173 Å². The summed E-state index contributed by atoms with van der Waals surface area (Å²) in [7, 11) is 1.63. The maximum absolute atomic E-state index is 11.8. The van der Waals surface area contributed by atoms with Crippen molar-refractivity contribution in [2.24, 2.45) is 0 Å². The number of imide groups is 6. The number of nitrogens with zero attached hydrogens (tertiary/aromatic N) is 6. The molecule has 7 aliphatic rings. The van der Waals surface area contributed by atoms with E-state index in [1.807, 2.05) is 0 Å². The van der Waals surface area contributed by atoms with E-state index in [0.717, 1.165) is 29.4 Å². The smallest absolute Gasteiger partial charge is 0.258 e. The van der Waals surface area contributed by atoms with Crippen LogP contribution in [-0.2, 0) is 119 Å². The van der Waals surface area contributed by atoms with E-state index >= 15 is 0 Å². The van der Waals surface area contributed by atoms with Crippen LogP contribution in [0.1, 0.15) is 11.5 Å². The second-order valence-electron chi connectivity index (χ2n) is 29.2.